The molecule has 0 unspecified atom stereocenters. The summed E-state index contributed by atoms with van der Waals surface area (Å²) in [6.45, 7) is 0.882. The first kappa shape index (κ1) is 18.2. The molecule has 0 aliphatic heterocycles. The molecule has 0 aromatic rings. The van der Waals surface area contributed by atoms with Gasteiger partial charge in [-0.15, -0.1) is 0 Å². The summed E-state index contributed by atoms with van der Waals surface area (Å²) < 4.78 is 27.2. The number of allylic oxidation sites excluding steroid dienone is 8. The van der Waals surface area contributed by atoms with Gasteiger partial charge in [-0.2, -0.15) is 0 Å². The maximum Gasteiger partial charge on any atom is 0.270 e. The predicted molar refractivity (Wildman–Crippen MR) is 83.8 cm³/mol. The van der Waals surface area contributed by atoms with E-state index in [2.05, 4.69) is 0 Å². The molecule has 0 saturated heterocycles. The molecule has 22 heavy (non-hydrogen) atoms. The Labute approximate surface area is 130 Å². The van der Waals surface area contributed by atoms with E-state index in [1.54, 1.807) is 18.2 Å². The third-order valence-electron chi connectivity index (χ3n) is 3.41. The molecule has 1 aliphatic rings. The zero-order chi connectivity index (χ0) is 16.4. The number of hydrogen-bond acceptors (Lipinski definition) is 2. The fourth-order valence-electron chi connectivity index (χ4n) is 2.29. The smallest absolute Gasteiger partial charge is 0.270 e. The van der Waals surface area contributed by atoms with Crippen LogP contribution < -0.4 is 0 Å². The second-order valence-corrected chi connectivity index (χ2v) is 5.36. The van der Waals surface area contributed by atoms with Crippen LogP contribution in [0.25, 0.3) is 0 Å². The number of rotatable bonds is 9. The topological polar surface area (TPSA) is 34.1 Å². The highest BCUT2D eigenvalue weighted by Gasteiger charge is 2.28. The summed E-state index contributed by atoms with van der Waals surface area (Å²) in [4.78, 5) is 21.9. The molecule has 0 N–H and O–H groups in total. The molecule has 0 bridgehead atoms. The summed E-state index contributed by atoms with van der Waals surface area (Å²) in [5.41, 5.74) is 0.540. The standard InChI is InChI=1S/C18H22F2O2/c1-18(19,20)17-11-7-4-5-9-15(17)12-13-16(22)10-6-2-3-8-14-21/h3,5,7-9,11,14H,2,4,6,10,12-13H2,1H3/b8-3-. The van der Waals surface area contributed by atoms with Gasteiger partial charge in [-0.3, -0.25) is 9.59 Å². The van der Waals surface area contributed by atoms with Crippen LogP contribution in [-0.4, -0.2) is 18.0 Å². The van der Waals surface area contributed by atoms with E-state index in [9.17, 15) is 18.4 Å². The van der Waals surface area contributed by atoms with Crippen LogP contribution in [0, 0.1) is 0 Å². The van der Waals surface area contributed by atoms with Gasteiger partial charge in [0.25, 0.3) is 5.92 Å². The van der Waals surface area contributed by atoms with Crippen LogP contribution in [0.2, 0.25) is 0 Å². The van der Waals surface area contributed by atoms with Gasteiger partial charge in [0.1, 0.15) is 12.1 Å². The van der Waals surface area contributed by atoms with E-state index < -0.39 is 5.92 Å². The van der Waals surface area contributed by atoms with Crippen molar-refractivity contribution in [1.82, 2.24) is 0 Å². The minimum Gasteiger partial charge on any atom is -0.300 e. The van der Waals surface area contributed by atoms with Crippen molar-refractivity contribution in [3.8, 4) is 0 Å². The number of hydrogen-bond donors (Lipinski definition) is 0. The number of aldehydes is 1. The Bertz CT molecular complexity index is 506. The quantitative estimate of drug-likeness (QED) is 0.350. The number of halogens is 2. The van der Waals surface area contributed by atoms with Crippen molar-refractivity contribution in [2.75, 3.05) is 0 Å². The Morgan fingerprint density at radius 1 is 1.27 bits per heavy atom. The average molecular weight is 308 g/mol. The molecule has 0 radical (unpaired) electrons. The minimum atomic E-state index is -2.90. The van der Waals surface area contributed by atoms with Gasteiger partial charge in [0, 0.05) is 25.3 Å². The van der Waals surface area contributed by atoms with Crippen molar-refractivity contribution in [3.05, 3.63) is 47.6 Å². The predicted octanol–water partition coefficient (Wildman–Crippen LogP) is 4.73. The normalized spacial score (nSPS) is 15.4. The van der Waals surface area contributed by atoms with Crippen molar-refractivity contribution in [1.29, 1.82) is 0 Å². The first-order valence-electron chi connectivity index (χ1n) is 7.51. The molecule has 0 heterocycles. The molecule has 0 atom stereocenters. The van der Waals surface area contributed by atoms with Crippen LogP contribution in [-0.2, 0) is 9.59 Å². The van der Waals surface area contributed by atoms with Gasteiger partial charge in [-0.05, 0) is 37.3 Å². The largest absolute Gasteiger partial charge is 0.300 e. The van der Waals surface area contributed by atoms with Crippen molar-refractivity contribution in [3.63, 3.8) is 0 Å². The number of unbranched alkanes of at least 4 members (excludes halogenated alkanes) is 1. The minimum absolute atomic E-state index is 0.00275. The summed E-state index contributed by atoms with van der Waals surface area (Å²) in [6, 6.07) is 0. The van der Waals surface area contributed by atoms with Crippen LogP contribution in [0.4, 0.5) is 8.78 Å². The number of carbonyl (C=O) groups is 2. The van der Waals surface area contributed by atoms with E-state index in [0.29, 0.717) is 44.0 Å². The van der Waals surface area contributed by atoms with Crippen molar-refractivity contribution in [2.45, 2.75) is 51.4 Å². The lowest BCUT2D eigenvalue weighted by Crippen LogP contribution is -2.14. The van der Waals surface area contributed by atoms with Crippen LogP contribution in [0.1, 0.15) is 45.4 Å². The molecule has 0 saturated carbocycles. The van der Waals surface area contributed by atoms with E-state index in [1.165, 1.54) is 12.2 Å². The molecule has 0 amide bonds. The maximum absolute atomic E-state index is 13.6. The summed E-state index contributed by atoms with van der Waals surface area (Å²) >= 11 is 0. The van der Waals surface area contributed by atoms with Crippen LogP contribution in [0.3, 0.4) is 0 Å². The highest BCUT2D eigenvalue weighted by molar-refractivity contribution is 5.78. The molecule has 1 aliphatic carbocycles. The SMILES string of the molecule is CC(F)(F)C1=C(CCC(=O)CCC/C=C\C=O)C=CCC=C1. The maximum atomic E-state index is 13.6. The average Bonchev–Trinajstić information content (AvgIpc) is 2.70. The Hall–Kier alpha value is -1.84. The lowest BCUT2D eigenvalue weighted by molar-refractivity contribution is -0.119. The van der Waals surface area contributed by atoms with Crippen LogP contribution in [0.15, 0.2) is 47.6 Å². The third kappa shape index (κ3) is 6.74. The van der Waals surface area contributed by atoms with Crippen LogP contribution >= 0.6 is 0 Å². The summed E-state index contributed by atoms with van der Waals surface area (Å²) in [7, 11) is 0. The highest BCUT2D eigenvalue weighted by atomic mass is 19.3. The number of ketones is 1. The first-order chi connectivity index (χ1) is 10.4. The highest BCUT2D eigenvalue weighted by Crippen LogP contribution is 2.31. The van der Waals surface area contributed by atoms with Gasteiger partial charge in [0.05, 0.1) is 0 Å². The lowest BCUT2D eigenvalue weighted by atomic mass is 9.97. The fourth-order valence-corrected chi connectivity index (χ4v) is 2.29. The van der Waals surface area contributed by atoms with Gasteiger partial charge >= 0.3 is 0 Å². The number of Topliss-reactive ketones (excluding diaryl/α,β-unsaturated/α-hetero) is 1. The summed E-state index contributed by atoms with van der Waals surface area (Å²) in [6.07, 6.45) is 13.5. The second-order valence-electron chi connectivity index (χ2n) is 5.36. The molecule has 4 heteroatoms. The van der Waals surface area contributed by atoms with Gasteiger partial charge in [-0.1, -0.05) is 30.4 Å². The molecule has 0 spiro atoms. The van der Waals surface area contributed by atoms with E-state index in [4.69, 9.17) is 0 Å². The third-order valence-corrected chi connectivity index (χ3v) is 3.41. The molecule has 2 nitrogen and oxygen atoms in total. The summed E-state index contributed by atoms with van der Waals surface area (Å²) in [5.74, 6) is -2.84. The van der Waals surface area contributed by atoms with Gasteiger partial charge < -0.3 is 0 Å². The Balaban J connectivity index is 2.55. The van der Waals surface area contributed by atoms with E-state index in [0.717, 1.165) is 6.92 Å². The second kappa shape index (κ2) is 9.23. The molecule has 0 aromatic heterocycles. The van der Waals surface area contributed by atoms with Crippen molar-refractivity contribution < 1.29 is 18.4 Å². The molecule has 120 valence electrons. The van der Waals surface area contributed by atoms with Crippen LogP contribution in [0.5, 0.6) is 0 Å². The zero-order valence-corrected chi connectivity index (χ0v) is 12.9. The van der Waals surface area contributed by atoms with Crippen molar-refractivity contribution in [2.24, 2.45) is 0 Å². The van der Waals surface area contributed by atoms with Gasteiger partial charge in [0.15, 0.2) is 0 Å². The molecular formula is C18H22F2O2. The Morgan fingerprint density at radius 2 is 2.00 bits per heavy atom. The first-order valence-corrected chi connectivity index (χ1v) is 7.51. The molecule has 0 fully saturated rings. The Morgan fingerprint density at radius 3 is 2.68 bits per heavy atom. The molecule has 0 aromatic carbocycles. The van der Waals surface area contributed by atoms with E-state index in [1.807, 2.05) is 6.08 Å². The lowest BCUT2D eigenvalue weighted by Gasteiger charge is -2.15. The number of carbonyl (C=O) groups excluding carboxylic acids is 2. The van der Waals surface area contributed by atoms with Crippen molar-refractivity contribution >= 4 is 12.1 Å². The van der Waals surface area contributed by atoms with E-state index in [-0.39, 0.29) is 17.8 Å². The van der Waals surface area contributed by atoms with E-state index >= 15 is 0 Å². The van der Waals surface area contributed by atoms with Gasteiger partial charge in [-0.25, -0.2) is 8.78 Å². The Kier molecular flexibility index (Phi) is 7.64. The number of alkyl halides is 2. The molecule has 1 rings (SSSR count). The summed E-state index contributed by atoms with van der Waals surface area (Å²) in [5, 5.41) is 0. The van der Waals surface area contributed by atoms with Gasteiger partial charge in [0.2, 0.25) is 0 Å². The zero-order valence-electron chi connectivity index (χ0n) is 12.9. The fraction of sp³-hybridized carbons (Fsp3) is 0.444. The monoisotopic (exact) mass is 308 g/mol. The molecular weight excluding hydrogens is 286 g/mol.